The highest BCUT2D eigenvalue weighted by Gasteiger charge is 2.27. The van der Waals surface area contributed by atoms with Crippen molar-refractivity contribution < 1.29 is 13.9 Å². The molecule has 0 spiro atoms. The Balaban J connectivity index is 1.78. The number of nitrogens with zero attached hydrogens (tertiary/aromatic N) is 3. The second-order valence-corrected chi connectivity index (χ2v) is 7.90. The zero-order valence-corrected chi connectivity index (χ0v) is 17.9. The van der Waals surface area contributed by atoms with E-state index in [-0.39, 0.29) is 17.4 Å². The van der Waals surface area contributed by atoms with Crippen LogP contribution in [-0.4, -0.2) is 36.0 Å². The van der Waals surface area contributed by atoms with Crippen LogP contribution in [0.3, 0.4) is 0 Å². The predicted molar refractivity (Wildman–Crippen MR) is 121 cm³/mol. The van der Waals surface area contributed by atoms with Crippen molar-refractivity contribution in [3.8, 4) is 5.75 Å². The molecule has 1 aliphatic rings. The molecular formula is C22H20BrFN4O2. The summed E-state index contributed by atoms with van der Waals surface area (Å²) in [4.78, 5) is 12.5. The highest BCUT2D eigenvalue weighted by Crippen LogP contribution is 2.37. The van der Waals surface area contributed by atoms with Crippen molar-refractivity contribution in [1.82, 2.24) is 9.97 Å². The van der Waals surface area contributed by atoms with E-state index in [1.807, 2.05) is 19.1 Å². The van der Waals surface area contributed by atoms with E-state index >= 15 is 4.39 Å². The molecule has 1 aliphatic heterocycles. The molecule has 154 valence electrons. The summed E-state index contributed by atoms with van der Waals surface area (Å²) in [6.07, 6.45) is 2.79. The lowest BCUT2D eigenvalue weighted by Crippen LogP contribution is -2.39. The topological polar surface area (TPSA) is 68.6 Å². The Labute approximate surface area is 182 Å². The van der Waals surface area contributed by atoms with Gasteiger partial charge in [-0.25, -0.2) is 14.4 Å². The first-order valence-corrected chi connectivity index (χ1v) is 10.2. The molecule has 0 saturated carbocycles. The summed E-state index contributed by atoms with van der Waals surface area (Å²) in [7, 11) is 0. The highest BCUT2D eigenvalue weighted by atomic mass is 79.9. The van der Waals surface area contributed by atoms with Crippen LogP contribution >= 0.6 is 15.9 Å². The molecule has 0 bridgehead atoms. The fraction of sp³-hybridized carbons (Fsp3) is 0.227. The van der Waals surface area contributed by atoms with Gasteiger partial charge in [0.25, 0.3) is 0 Å². The van der Waals surface area contributed by atoms with Gasteiger partial charge in [0, 0.05) is 16.0 Å². The maximum absolute atomic E-state index is 15.0. The number of rotatable bonds is 7. The minimum absolute atomic E-state index is 0.0497. The van der Waals surface area contributed by atoms with E-state index < -0.39 is 5.82 Å². The van der Waals surface area contributed by atoms with Crippen molar-refractivity contribution in [3.05, 3.63) is 53.0 Å². The number of anilines is 2. The summed E-state index contributed by atoms with van der Waals surface area (Å²) >= 11 is 3.51. The van der Waals surface area contributed by atoms with E-state index in [4.69, 9.17) is 9.47 Å². The Bertz CT molecular complexity index is 1130. The lowest BCUT2D eigenvalue weighted by Gasteiger charge is -2.32. The molecule has 8 heteroatoms. The third kappa shape index (κ3) is 3.80. The Morgan fingerprint density at radius 1 is 1.37 bits per heavy atom. The molecule has 0 aliphatic carbocycles. The van der Waals surface area contributed by atoms with Gasteiger partial charge in [-0.1, -0.05) is 28.6 Å². The SMILES string of the molecule is C=Cc1c(N=C)ccc(Nc2ncnc3cc(Br)cc(OC(C)C4COC4)c23)c1F. The molecule has 2 aromatic carbocycles. The van der Waals surface area contributed by atoms with Crippen LogP contribution in [-0.2, 0) is 4.74 Å². The number of aromatic nitrogens is 2. The molecule has 1 unspecified atom stereocenters. The van der Waals surface area contributed by atoms with Gasteiger partial charge in [0.1, 0.15) is 24.0 Å². The van der Waals surface area contributed by atoms with Crippen molar-refractivity contribution in [2.45, 2.75) is 13.0 Å². The Kier molecular flexibility index (Phi) is 5.78. The smallest absolute Gasteiger partial charge is 0.156 e. The Hall–Kier alpha value is -2.84. The highest BCUT2D eigenvalue weighted by molar-refractivity contribution is 9.10. The molecular weight excluding hydrogens is 451 g/mol. The summed E-state index contributed by atoms with van der Waals surface area (Å²) in [6, 6.07) is 6.99. The van der Waals surface area contributed by atoms with Crippen molar-refractivity contribution >= 4 is 56.8 Å². The molecule has 0 radical (unpaired) electrons. The van der Waals surface area contributed by atoms with Gasteiger partial charge in [-0.3, -0.25) is 4.99 Å². The van der Waals surface area contributed by atoms with Crippen LogP contribution in [0, 0.1) is 11.7 Å². The van der Waals surface area contributed by atoms with Crippen LogP contribution in [0.25, 0.3) is 17.0 Å². The van der Waals surface area contributed by atoms with E-state index in [1.54, 1.807) is 12.1 Å². The number of aliphatic imine (C=N–C) groups is 1. The second kappa shape index (κ2) is 8.49. The monoisotopic (exact) mass is 470 g/mol. The zero-order chi connectivity index (χ0) is 21.3. The number of ether oxygens (including phenoxy) is 2. The van der Waals surface area contributed by atoms with Gasteiger partial charge in [0.15, 0.2) is 5.82 Å². The van der Waals surface area contributed by atoms with E-state index in [2.05, 4.69) is 49.5 Å². The maximum atomic E-state index is 15.0. The van der Waals surface area contributed by atoms with Crippen molar-refractivity contribution in [3.63, 3.8) is 0 Å². The van der Waals surface area contributed by atoms with E-state index in [0.29, 0.717) is 47.3 Å². The molecule has 1 fully saturated rings. The fourth-order valence-electron chi connectivity index (χ4n) is 3.27. The first-order chi connectivity index (χ1) is 14.5. The van der Waals surface area contributed by atoms with Crippen molar-refractivity contribution in [2.75, 3.05) is 18.5 Å². The minimum atomic E-state index is -0.485. The summed E-state index contributed by atoms with van der Waals surface area (Å²) in [5.74, 6) is 0.885. The van der Waals surface area contributed by atoms with Gasteiger partial charge >= 0.3 is 0 Å². The number of halogens is 2. The van der Waals surface area contributed by atoms with Crippen LogP contribution in [0.15, 0.2) is 46.6 Å². The molecule has 1 aromatic heterocycles. The third-order valence-corrected chi connectivity index (χ3v) is 5.55. The molecule has 4 rings (SSSR count). The fourth-order valence-corrected chi connectivity index (χ4v) is 3.69. The molecule has 0 amide bonds. The number of nitrogens with one attached hydrogen (secondary N) is 1. The average molecular weight is 471 g/mol. The van der Waals surface area contributed by atoms with Crippen LogP contribution < -0.4 is 10.1 Å². The minimum Gasteiger partial charge on any atom is -0.489 e. The van der Waals surface area contributed by atoms with Crippen LogP contribution in [0.5, 0.6) is 5.75 Å². The molecule has 3 aromatic rings. The van der Waals surface area contributed by atoms with Gasteiger partial charge < -0.3 is 14.8 Å². The lowest BCUT2D eigenvalue weighted by atomic mass is 10.0. The van der Waals surface area contributed by atoms with Gasteiger partial charge in [0.05, 0.1) is 35.5 Å². The Morgan fingerprint density at radius 2 is 2.17 bits per heavy atom. The molecule has 30 heavy (non-hydrogen) atoms. The summed E-state index contributed by atoms with van der Waals surface area (Å²) in [5.41, 5.74) is 1.60. The van der Waals surface area contributed by atoms with Crippen molar-refractivity contribution in [2.24, 2.45) is 10.9 Å². The molecule has 6 nitrogen and oxygen atoms in total. The molecule has 2 heterocycles. The van der Waals surface area contributed by atoms with Gasteiger partial charge in [-0.05, 0) is 37.9 Å². The first kappa shape index (κ1) is 20.4. The third-order valence-electron chi connectivity index (χ3n) is 5.09. The van der Waals surface area contributed by atoms with Gasteiger partial charge in [-0.15, -0.1) is 0 Å². The number of hydrogen-bond acceptors (Lipinski definition) is 6. The second-order valence-electron chi connectivity index (χ2n) is 6.99. The number of hydrogen-bond donors (Lipinski definition) is 1. The van der Waals surface area contributed by atoms with Crippen molar-refractivity contribution in [1.29, 1.82) is 0 Å². The molecule has 1 saturated heterocycles. The van der Waals surface area contributed by atoms with Crippen LogP contribution in [0.2, 0.25) is 0 Å². The summed E-state index contributed by atoms with van der Waals surface area (Å²) in [6.45, 7) is 10.5. The summed E-state index contributed by atoms with van der Waals surface area (Å²) < 4.78 is 27.4. The normalized spacial score (nSPS) is 14.8. The standard InChI is InChI=1S/C22H20BrFN4O2/c1-4-15-16(25-3)5-6-17(21(15)24)28-22-20-18(26-11-27-22)7-14(23)8-19(20)30-12(2)13-9-29-10-13/h4-8,11-13H,1,3,9-10H2,2H3,(H,26,27,28). The van der Waals surface area contributed by atoms with E-state index in [1.165, 1.54) is 12.4 Å². The number of fused-ring (bicyclic) bond motifs is 1. The maximum Gasteiger partial charge on any atom is 0.156 e. The summed E-state index contributed by atoms with van der Waals surface area (Å²) in [5, 5.41) is 3.74. The molecule has 1 N–H and O–H groups in total. The lowest BCUT2D eigenvalue weighted by molar-refractivity contribution is -0.0773. The Morgan fingerprint density at radius 3 is 2.83 bits per heavy atom. The van der Waals surface area contributed by atoms with Crippen LogP contribution in [0.1, 0.15) is 12.5 Å². The molecule has 1 atom stereocenters. The number of benzene rings is 2. The van der Waals surface area contributed by atoms with Gasteiger partial charge in [0.2, 0.25) is 0 Å². The first-order valence-electron chi connectivity index (χ1n) is 9.39. The van der Waals surface area contributed by atoms with E-state index in [9.17, 15) is 0 Å². The van der Waals surface area contributed by atoms with Gasteiger partial charge in [-0.2, -0.15) is 0 Å². The average Bonchev–Trinajstić information content (AvgIpc) is 2.67. The quantitative estimate of drug-likeness (QED) is 0.450. The predicted octanol–water partition coefficient (Wildman–Crippen LogP) is 5.66. The zero-order valence-electron chi connectivity index (χ0n) is 16.4. The van der Waals surface area contributed by atoms with Crippen LogP contribution in [0.4, 0.5) is 21.6 Å². The largest absolute Gasteiger partial charge is 0.489 e. The van der Waals surface area contributed by atoms with E-state index in [0.717, 1.165) is 4.47 Å².